The Morgan fingerprint density at radius 1 is 1.14 bits per heavy atom. The number of allylic oxidation sites excluding steroid dienone is 2. The van der Waals surface area contributed by atoms with Crippen LogP contribution in [0.15, 0.2) is 35.4 Å². The van der Waals surface area contributed by atoms with Gasteiger partial charge in [-0.2, -0.15) is 0 Å². The molecule has 3 nitrogen and oxygen atoms in total. The van der Waals surface area contributed by atoms with Crippen molar-refractivity contribution in [1.29, 1.82) is 0 Å². The number of rotatable bonds is 12. The molecule has 0 unspecified atom stereocenters. The number of hydrogen-bond donors (Lipinski definition) is 1. The summed E-state index contributed by atoms with van der Waals surface area (Å²) < 4.78 is 5.89. The summed E-state index contributed by atoms with van der Waals surface area (Å²) in [4.78, 5) is 2.38. The summed E-state index contributed by atoms with van der Waals surface area (Å²) in [6.45, 7) is 18.7. The molecular weight excluding hydrogens is 356 g/mol. The van der Waals surface area contributed by atoms with E-state index in [1.54, 1.807) is 11.1 Å². The standard InChI is InChI=1S/C26H44N2O/c1-7-28(8-2)18-19-29-24-14-12-23(13-15-24)20-27-22(4)11-16-25-21(3)10-9-17-26(25,5)6/h12-15,22,27H,7-11,16-20H2,1-6H3/t22-/m1/s1. The Kier molecular flexibility index (Phi) is 9.71. The minimum absolute atomic E-state index is 0.392. The molecule has 29 heavy (non-hydrogen) atoms. The van der Waals surface area contributed by atoms with Crippen molar-refractivity contribution in [2.45, 2.75) is 86.2 Å². The third-order valence-corrected chi connectivity index (χ3v) is 6.66. The quantitative estimate of drug-likeness (QED) is 0.423. The summed E-state index contributed by atoms with van der Waals surface area (Å²) >= 11 is 0. The van der Waals surface area contributed by atoms with Crippen LogP contribution >= 0.6 is 0 Å². The fourth-order valence-corrected chi connectivity index (χ4v) is 4.52. The highest BCUT2D eigenvalue weighted by Crippen LogP contribution is 2.42. The fraction of sp³-hybridized carbons (Fsp3) is 0.692. The lowest BCUT2D eigenvalue weighted by atomic mass is 9.71. The number of hydrogen-bond acceptors (Lipinski definition) is 3. The second kappa shape index (κ2) is 11.8. The molecule has 0 aromatic heterocycles. The molecule has 0 aliphatic heterocycles. The maximum absolute atomic E-state index is 5.89. The van der Waals surface area contributed by atoms with Crippen LogP contribution in [0.2, 0.25) is 0 Å². The van der Waals surface area contributed by atoms with Crippen molar-refractivity contribution >= 4 is 0 Å². The molecule has 0 amide bonds. The Bertz CT molecular complexity index is 629. The molecule has 0 radical (unpaired) electrons. The first kappa shape index (κ1) is 24.0. The lowest BCUT2D eigenvalue weighted by Gasteiger charge is -2.35. The lowest BCUT2D eigenvalue weighted by molar-refractivity contribution is 0.223. The summed E-state index contributed by atoms with van der Waals surface area (Å²) in [6, 6.07) is 9.09. The molecule has 0 fully saturated rings. The molecule has 3 heteroatoms. The zero-order chi connectivity index (χ0) is 21.3. The highest BCUT2D eigenvalue weighted by atomic mass is 16.5. The first-order chi connectivity index (χ1) is 13.9. The highest BCUT2D eigenvalue weighted by Gasteiger charge is 2.28. The highest BCUT2D eigenvalue weighted by molar-refractivity contribution is 5.27. The van der Waals surface area contributed by atoms with Crippen LogP contribution < -0.4 is 10.1 Å². The molecule has 0 saturated carbocycles. The van der Waals surface area contributed by atoms with E-state index in [9.17, 15) is 0 Å². The zero-order valence-corrected chi connectivity index (χ0v) is 19.8. The van der Waals surface area contributed by atoms with E-state index in [1.165, 1.54) is 37.7 Å². The van der Waals surface area contributed by atoms with Crippen molar-refractivity contribution in [3.05, 3.63) is 41.0 Å². The molecule has 1 aliphatic rings. The first-order valence-corrected chi connectivity index (χ1v) is 11.7. The van der Waals surface area contributed by atoms with E-state index in [0.29, 0.717) is 11.5 Å². The smallest absolute Gasteiger partial charge is 0.119 e. The second-order valence-corrected chi connectivity index (χ2v) is 9.34. The molecule has 0 heterocycles. The van der Waals surface area contributed by atoms with Gasteiger partial charge in [-0.15, -0.1) is 0 Å². The van der Waals surface area contributed by atoms with E-state index in [1.807, 2.05) is 0 Å². The average molecular weight is 401 g/mol. The van der Waals surface area contributed by atoms with Crippen LogP contribution in [0.5, 0.6) is 5.75 Å². The largest absolute Gasteiger partial charge is 0.492 e. The zero-order valence-electron chi connectivity index (χ0n) is 19.8. The van der Waals surface area contributed by atoms with E-state index >= 15 is 0 Å². The van der Waals surface area contributed by atoms with Crippen LogP contribution in [0.4, 0.5) is 0 Å². The third-order valence-electron chi connectivity index (χ3n) is 6.66. The molecule has 1 aromatic rings. The van der Waals surface area contributed by atoms with Gasteiger partial charge in [-0.1, -0.05) is 51.0 Å². The van der Waals surface area contributed by atoms with Crippen LogP contribution in [0.1, 0.15) is 79.2 Å². The van der Waals surface area contributed by atoms with Crippen molar-refractivity contribution in [1.82, 2.24) is 10.2 Å². The molecule has 1 N–H and O–H groups in total. The van der Waals surface area contributed by atoms with Crippen LogP contribution in [-0.4, -0.2) is 37.2 Å². The van der Waals surface area contributed by atoms with Gasteiger partial charge in [0.2, 0.25) is 0 Å². The number of benzene rings is 1. The molecule has 0 saturated heterocycles. The van der Waals surface area contributed by atoms with Gasteiger partial charge >= 0.3 is 0 Å². The van der Waals surface area contributed by atoms with Gasteiger partial charge < -0.3 is 15.0 Å². The first-order valence-electron chi connectivity index (χ1n) is 11.7. The monoisotopic (exact) mass is 400 g/mol. The van der Waals surface area contributed by atoms with Crippen LogP contribution in [-0.2, 0) is 6.54 Å². The maximum Gasteiger partial charge on any atom is 0.119 e. The summed E-state index contributed by atoms with van der Waals surface area (Å²) in [5, 5.41) is 3.70. The molecule has 164 valence electrons. The van der Waals surface area contributed by atoms with E-state index in [4.69, 9.17) is 4.74 Å². The Labute approximate surface area is 179 Å². The van der Waals surface area contributed by atoms with Crippen LogP contribution in [0.25, 0.3) is 0 Å². The topological polar surface area (TPSA) is 24.5 Å². The Balaban J connectivity index is 1.72. The lowest BCUT2D eigenvalue weighted by Crippen LogP contribution is -2.28. The number of nitrogens with zero attached hydrogens (tertiary/aromatic N) is 1. The summed E-state index contributed by atoms with van der Waals surface area (Å²) in [7, 11) is 0. The van der Waals surface area contributed by atoms with E-state index < -0.39 is 0 Å². The molecule has 1 aliphatic carbocycles. The molecular formula is C26H44N2O. The predicted octanol–water partition coefficient (Wildman–Crippen LogP) is 6.19. The van der Waals surface area contributed by atoms with Gasteiger partial charge in [-0.25, -0.2) is 0 Å². The minimum atomic E-state index is 0.392. The van der Waals surface area contributed by atoms with Gasteiger partial charge in [-0.05, 0) is 82.2 Å². The van der Waals surface area contributed by atoms with E-state index in [2.05, 4.69) is 76.0 Å². The van der Waals surface area contributed by atoms with Gasteiger partial charge in [0.15, 0.2) is 0 Å². The average Bonchev–Trinajstić information content (AvgIpc) is 2.69. The van der Waals surface area contributed by atoms with Crippen molar-refractivity contribution in [2.75, 3.05) is 26.2 Å². The van der Waals surface area contributed by atoms with Crippen molar-refractivity contribution < 1.29 is 4.74 Å². The van der Waals surface area contributed by atoms with Gasteiger partial charge in [-0.3, -0.25) is 0 Å². The Morgan fingerprint density at radius 3 is 2.45 bits per heavy atom. The van der Waals surface area contributed by atoms with Gasteiger partial charge in [0, 0.05) is 19.1 Å². The predicted molar refractivity (Wildman–Crippen MR) is 126 cm³/mol. The maximum atomic E-state index is 5.89. The Hall–Kier alpha value is -1.32. The number of likely N-dealkylation sites (N-methyl/N-ethyl adjacent to an activating group) is 1. The molecule has 0 spiro atoms. The molecule has 1 aromatic carbocycles. The van der Waals surface area contributed by atoms with Crippen molar-refractivity contribution in [2.24, 2.45) is 5.41 Å². The van der Waals surface area contributed by atoms with Crippen LogP contribution in [0.3, 0.4) is 0 Å². The van der Waals surface area contributed by atoms with E-state index in [-0.39, 0.29) is 0 Å². The SMILES string of the molecule is CCN(CC)CCOc1ccc(CN[C@H](C)CCC2=C(C)CCCC2(C)C)cc1. The normalized spacial score (nSPS) is 17.6. The second-order valence-electron chi connectivity index (χ2n) is 9.34. The van der Waals surface area contributed by atoms with Crippen molar-refractivity contribution in [3.63, 3.8) is 0 Å². The molecule has 0 bridgehead atoms. The van der Waals surface area contributed by atoms with Crippen LogP contribution in [0, 0.1) is 5.41 Å². The van der Waals surface area contributed by atoms with Gasteiger partial charge in [0.25, 0.3) is 0 Å². The minimum Gasteiger partial charge on any atom is -0.492 e. The number of ether oxygens (including phenoxy) is 1. The summed E-state index contributed by atoms with van der Waals surface area (Å²) in [6.07, 6.45) is 6.43. The van der Waals surface area contributed by atoms with E-state index in [0.717, 1.165) is 38.5 Å². The third kappa shape index (κ3) is 7.79. The molecule has 2 rings (SSSR count). The number of nitrogens with one attached hydrogen (secondary N) is 1. The van der Waals surface area contributed by atoms with Crippen molar-refractivity contribution in [3.8, 4) is 5.75 Å². The summed E-state index contributed by atoms with van der Waals surface area (Å²) in [5.74, 6) is 0.968. The fourth-order valence-electron chi connectivity index (χ4n) is 4.52. The van der Waals surface area contributed by atoms with Gasteiger partial charge in [0.1, 0.15) is 12.4 Å². The summed E-state index contributed by atoms with van der Waals surface area (Å²) in [5.41, 5.74) is 5.07. The van der Waals surface area contributed by atoms with Gasteiger partial charge in [0.05, 0.1) is 0 Å². The Morgan fingerprint density at radius 2 is 1.83 bits per heavy atom. The molecule has 1 atom stereocenters.